The van der Waals surface area contributed by atoms with E-state index >= 15 is 0 Å². The van der Waals surface area contributed by atoms with Crippen LogP contribution in [0.15, 0.2) is 24.3 Å². The molecule has 1 aromatic heterocycles. The smallest absolute Gasteiger partial charge is 0.291 e. The quantitative estimate of drug-likeness (QED) is 0.734. The summed E-state index contributed by atoms with van der Waals surface area (Å²) in [6.07, 6.45) is 2.12. The Morgan fingerprint density at radius 2 is 1.86 bits per heavy atom. The van der Waals surface area contributed by atoms with E-state index in [0.29, 0.717) is 24.0 Å². The van der Waals surface area contributed by atoms with Crippen LogP contribution in [0.25, 0.3) is 5.69 Å². The van der Waals surface area contributed by atoms with E-state index in [1.165, 1.54) is 12.1 Å². The van der Waals surface area contributed by atoms with Crippen LogP contribution < -0.4 is 5.32 Å². The van der Waals surface area contributed by atoms with Gasteiger partial charge in [-0.25, -0.2) is 14.1 Å². The first kappa shape index (κ1) is 21.4. The number of nitrogens with one attached hydrogen (secondary N) is 1. The van der Waals surface area contributed by atoms with Crippen molar-refractivity contribution in [1.82, 2.24) is 25.0 Å². The van der Waals surface area contributed by atoms with Gasteiger partial charge in [0.25, 0.3) is 5.91 Å². The number of carbonyl (C=O) groups excluding carboxylic acids is 1. The van der Waals surface area contributed by atoms with Gasteiger partial charge >= 0.3 is 0 Å². The molecule has 3 rings (SSSR count). The van der Waals surface area contributed by atoms with Crippen LogP contribution in [0, 0.1) is 18.7 Å². The lowest BCUT2D eigenvalue weighted by atomic mass is 9.92. The molecule has 1 atom stereocenters. The van der Waals surface area contributed by atoms with Crippen LogP contribution in [0.4, 0.5) is 4.39 Å². The van der Waals surface area contributed by atoms with Crippen LogP contribution >= 0.6 is 0 Å². The lowest BCUT2D eigenvalue weighted by Gasteiger charge is -2.38. The Kier molecular flexibility index (Phi) is 7.33. The highest BCUT2D eigenvalue weighted by molar-refractivity contribution is 5.90. The van der Waals surface area contributed by atoms with Crippen molar-refractivity contribution in [2.45, 2.75) is 39.7 Å². The first-order valence-corrected chi connectivity index (χ1v) is 10.3. The van der Waals surface area contributed by atoms with Gasteiger partial charge in [-0.1, -0.05) is 26.7 Å². The van der Waals surface area contributed by atoms with Gasteiger partial charge in [0, 0.05) is 25.7 Å². The van der Waals surface area contributed by atoms with E-state index in [0.717, 1.165) is 39.1 Å². The molecule has 0 aliphatic carbocycles. The highest BCUT2D eigenvalue weighted by Crippen LogP contribution is 2.20. The van der Waals surface area contributed by atoms with Crippen molar-refractivity contribution in [2.24, 2.45) is 5.92 Å². The van der Waals surface area contributed by atoms with Gasteiger partial charge in [0.1, 0.15) is 11.6 Å². The third kappa shape index (κ3) is 5.19. The fourth-order valence-electron chi connectivity index (χ4n) is 3.93. The van der Waals surface area contributed by atoms with Crippen molar-refractivity contribution < 1.29 is 13.9 Å². The van der Waals surface area contributed by atoms with E-state index in [2.05, 4.69) is 34.1 Å². The molecule has 1 aromatic carbocycles. The molecule has 7 nitrogen and oxygen atoms in total. The van der Waals surface area contributed by atoms with Crippen molar-refractivity contribution in [1.29, 1.82) is 0 Å². The van der Waals surface area contributed by atoms with Crippen molar-refractivity contribution in [3.05, 3.63) is 41.7 Å². The van der Waals surface area contributed by atoms with Crippen LogP contribution in [0.3, 0.4) is 0 Å². The molecule has 8 heteroatoms. The van der Waals surface area contributed by atoms with Crippen molar-refractivity contribution >= 4 is 5.91 Å². The Morgan fingerprint density at radius 1 is 1.21 bits per heavy atom. The molecule has 2 heterocycles. The maximum atomic E-state index is 13.2. The highest BCUT2D eigenvalue weighted by Gasteiger charge is 2.28. The van der Waals surface area contributed by atoms with Gasteiger partial charge in [0.2, 0.25) is 5.82 Å². The molecule has 0 spiro atoms. The number of aryl methyl sites for hydroxylation is 1. The molecule has 0 bridgehead atoms. The third-order valence-corrected chi connectivity index (χ3v) is 5.62. The molecule has 1 fully saturated rings. The molecule has 2 aromatic rings. The number of rotatable bonds is 8. The first-order valence-electron chi connectivity index (χ1n) is 10.3. The van der Waals surface area contributed by atoms with E-state index in [1.807, 2.05) is 0 Å². The summed E-state index contributed by atoms with van der Waals surface area (Å²) in [7, 11) is 0. The monoisotopic (exact) mass is 403 g/mol. The second-order valence-electron chi connectivity index (χ2n) is 7.37. The molecule has 1 N–H and O–H groups in total. The molecular formula is C21H30FN5O2. The Bertz CT molecular complexity index is 798. The minimum Gasteiger partial charge on any atom is -0.379 e. The fourth-order valence-corrected chi connectivity index (χ4v) is 3.93. The second-order valence-corrected chi connectivity index (χ2v) is 7.37. The molecule has 1 amide bonds. The minimum atomic E-state index is -0.319. The van der Waals surface area contributed by atoms with Gasteiger partial charge in [0.15, 0.2) is 0 Å². The second kappa shape index (κ2) is 9.93. The number of ether oxygens (including phenoxy) is 1. The summed E-state index contributed by atoms with van der Waals surface area (Å²) >= 11 is 0. The Hall–Kier alpha value is -2.32. The number of amides is 1. The van der Waals surface area contributed by atoms with E-state index < -0.39 is 0 Å². The summed E-state index contributed by atoms with van der Waals surface area (Å²) in [6.45, 7) is 9.93. The molecule has 158 valence electrons. The van der Waals surface area contributed by atoms with Crippen LogP contribution in [0.1, 0.15) is 43.1 Å². The van der Waals surface area contributed by atoms with E-state index in [-0.39, 0.29) is 23.6 Å². The van der Waals surface area contributed by atoms with Crippen LogP contribution in [-0.4, -0.2) is 64.5 Å². The predicted molar refractivity (Wildman–Crippen MR) is 109 cm³/mol. The number of carbonyl (C=O) groups is 1. The maximum absolute atomic E-state index is 13.2. The Balaban J connectivity index is 1.69. The van der Waals surface area contributed by atoms with Gasteiger partial charge < -0.3 is 10.1 Å². The van der Waals surface area contributed by atoms with Crippen LogP contribution in [-0.2, 0) is 4.74 Å². The largest absolute Gasteiger partial charge is 0.379 e. The summed E-state index contributed by atoms with van der Waals surface area (Å²) in [4.78, 5) is 19.4. The summed E-state index contributed by atoms with van der Waals surface area (Å²) < 4.78 is 20.2. The lowest BCUT2D eigenvalue weighted by molar-refractivity contribution is 0.00188. The van der Waals surface area contributed by atoms with E-state index in [1.54, 1.807) is 23.7 Å². The molecule has 0 saturated carbocycles. The summed E-state index contributed by atoms with van der Waals surface area (Å²) in [6, 6.07) is 6.20. The Labute approximate surface area is 171 Å². The fraction of sp³-hybridized carbons (Fsp3) is 0.571. The average Bonchev–Trinajstić information content (AvgIpc) is 3.14. The molecule has 1 aliphatic rings. The number of aromatic nitrogens is 3. The number of nitrogens with zero attached hydrogens (tertiary/aromatic N) is 4. The van der Waals surface area contributed by atoms with Gasteiger partial charge in [-0.15, -0.1) is 5.10 Å². The number of benzene rings is 1. The zero-order valence-electron chi connectivity index (χ0n) is 17.4. The molecule has 0 unspecified atom stereocenters. The summed E-state index contributed by atoms with van der Waals surface area (Å²) in [5, 5.41) is 7.35. The number of hydrogen-bond donors (Lipinski definition) is 1. The van der Waals surface area contributed by atoms with Gasteiger partial charge in [-0.2, -0.15) is 0 Å². The molecule has 29 heavy (non-hydrogen) atoms. The third-order valence-electron chi connectivity index (χ3n) is 5.62. The van der Waals surface area contributed by atoms with Gasteiger partial charge in [-0.05, 0) is 37.1 Å². The normalized spacial score (nSPS) is 16.2. The number of morpholine rings is 1. The minimum absolute atomic E-state index is 0.122. The molecule has 1 saturated heterocycles. The lowest BCUT2D eigenvalue weighted by Crippen LogP contribution is -2.52. The SMILES string of the molecule is CCC(CC)[C@H](CNC(=O)c1nc(C)n(-c2ccc(F)cc2)n1)N1CCOCC1. The summed E-state index contributed by atoms with van der Waals surface area (Å²) in [5.41, 5.74) is 0.665. The van der Waals surface area contributed by atoms with Crippen molar-refractivity contribution in [2.75, 3.05) is 32.8 Å². The molecular weight excluding hydrogens is 373 g/mol. The zero-order valence-corrected chi connectivity index (χ0v) is 17.4. The number of hydrogen-bond acceptors (Lipinski definition) is 5. The van der Waals surface area contributed by atoms with Crippen LogP contribution in [0.5, 0.6) is 0 Å². The van der Waals surface area contributed by atoms with E-state index in [9.17, 15) is 9.18 Å². The standard InChI is InChI=1S/C21H30FN5O2/c1-4-16(5-2)19(26-10-12-29-13-11-26)14-23-21(28)20-24-15(3)27(25-20)18-8-6-17(22)7-9-18/h6-9,16,19H,4-5,10-14H2,1-3H3,(H,23,28)/t19-/m0/s1. The van der Waals surface area contributed by atoms with Crippen LogP contribution in [0.2, 0.25) is 0 Å². The molecule has 1 aliphatic heterocycles. The summed E-state index contributed by atoms with van der Waals surface area (Å²) in [5.74, 6) is 0.585. The van der Waals surface area contributed by atoms with Crippen molar-refractivity contribution in [3.63, 3.8) is 0 Å². The van der Waals surface area contributed by atoms with Gasteiger partial charge in [-0.3, -0.25) is 9.69 Å². The first-order chi connectivity index (χ1) is 14.0. The van der Waals surface area contributed by atoms with E-state index in [4.69, 9.17) is 4.74 Å². The predicted octanol–water partition coefficient (Wildman–Crippen LogP) is 2.58. The Morgan fingerprint density at radius 3 is 2.48 bits per heavy atom. The number of halogens is 1. The topological polar surface area (TPSA) is 72.3 Å². The van der Waals surface area contributed by atoms with Gasteiger partial charge in [0.05, 0.1) is 18.9 Å². The highest BCUT2D eigenvalue weighted by atomic mass is 19.1. The van der Waals surface area contributed by atoms with Crippen molar-refractivity contribution in [3.8, 4) is 5.69 Å². The maximum Gasteiger partial charge on any atom is 0.291 e. The zero-order chi connectivity index (χ0) is 20.8. The average molecular weight is 404 g/mol. The molecule has 0 radical (unpaired) electrons.